The molecule has 0 spiro atoms. The second-order valence-electron chi connectivity index (χ2n) is 3.33. The molecule has 0 saturated heterocycles. The summed E-state index contributed by atoms with van der Waals surface area (Å²) in [5.41, 5.74) is 2.64. The van der Waals surface area contributed by atoms with E-state index in [4.69, 9.17) is 0 Å². The average Bonchev–Trinajstić information content (AvgIpc) is 2.05. The Kier molecular flexibility index (Phi) is 2.69. The van der Waals surface area contributed by atoms with Crippen molar-refractivity contribution in [3.8, 4) is 0 Å². The van der Waals surface area contributed by atoms with E-state index in [0.29, 0.717) is 5.92 Å². The molecule has 0 unspecified atom stereocenters. The monoisotopic (exact) mass is 164 g/mol. The van der Waals surface area contributed by atoms with E-state index in [0.717, 1.165) is 5.82 Å². The zero-order valence-electron chi connectivity index (χ0n) is 8.18. The van der Waals surface area contributed by atoms with E-state index in [2.05, 4.69) is 37.1 Å². The van der Waals surface area contributed by atoms with Crippen LogP contribution in [0.25, 0.3) is 0 Å². The minimum Gasteiger partial charge on any atom is -0.373 e. The van der Waals surface area contributed by atoms with Crippen LogP contribution in [0.4, 0.5) is 5.82 Å². The zero-order valence-corrected chi connectivity index (χ0v) is 8.18. The highest BCUT2D eigenvalue weighted by atomic mass is 14.9. The molecule has 0 aliphatic heterocycles. The molecule has 2 nitrogen and oxygen atoms in total. The number of pyridine rings is 1. The Morgan fingerprint density at radius 2 is 2.08 bits per heavy atom. The van der Waals surface area contributed by atoms with E-state index in [1.54, 1.807) is 0 Å². The number of aryl methyl sites for hydroxylation is 1. The number of rotatable bonds is 2. The Morgan fingerprint density at radius 3 is 2.58 bits per heavy atom. The van der Waals surface area contributed by atoms with E-state index in [1.165, 1.54) is 11.1 Å². The number of aromatic nitrogens is 1. The number of nitrogens with zero attached hydrogens (tertiary/aromatic N) is 1. The van der Waals surface area contributed by atoms with Crippen molar-refractivity contribution in [1.29, 1.82) is 0 Å². The maximum atomic E-state index is 4.23. The third-order valence-corrected chi connectivity index (χ3v) is 2.02. The van der Waals surface area contributed by atoms with Gasteiger partial charge in [-0.3, -0.25) is 0 Å². The van der Waals surface area contributed by atoms with Gasteiger partial charge < -0.3 is 5.32 Å². The fourth-order valence-electron chi connectivity index (χ4n) is 1.30. The van der Waals surface area contributed by atoms with E-state index in [9.17, 15) is 0 Å². The standard InChI is InChI=1S/C10H16N2/c1-7(2)9-5-10(11-4)12-6-8(9)3/h5-7H,1-4H3,(H,11,12). The molecule has 0 atom stereocenters. The molecule has 1 aromatic rings. The van der Waals surface area contributed by atoms with Crippen molar-refractivity contribution in [3.05, 3.63) is 23.4 Å². The SMILES string of the molecule is CNc1cc(C(C)C)c(C)cn1. The normalized spacial score (nSPS) is 10.4. The average molecular weight is 164 g/mol. The van der Waals surface area contributed by atoms with Gasteiger partial charge in [-0.1, -0.05) is 13.8 Å². The molecule has 0 aliphatic rings. The highest BCUT2D eigenvalue weighted by molar-refractivity contribution is 5.41. The first-order valence-electron chi connectivity index (χ1n) is 4.29. The van der Waals surface area contributed by atoms with E-state index < -0.39 is 0 Å². The van der Waals surface area contributed by atoms with E-state index >= 15 is 0 Å². The molecule has 1 heterocycles. The van der Waals surface area contributed by atoms with Crippen LogP contribution in [0.2, 0.25) is 0 Å². The Morgan fingerprint density at radius 1 is 1.42 bits per heavy atom. The molecular formula is C10H16N2. The summed E-state index contributed by atoms with van der Waals surface area (Å²) in [5.74, 6) is 1.52. The third kappa shape index (κ3) is 1.76. The maximum absolute atomic E-state index is 4.23. The maximum Gasteiger partial charge on any atom is 0.125 e. The van der Waals surface area contributed by atoms with Crippen LogP contribution in [-0.4, -0.2) is 12.0 Å². The number of anilines is 1. The van der Waals surface area contributed by atoms with Crippen LogP contribution in [0.15, 0.2) is 12.3 Å². The molecule has 2 heteroatoms. The van der Waals surface area contributed by atoms with Gasteiger partial charge >= 0.3 is 0 Å². The van der Waals surface area contributed by atoms with E-state index in [-0.39, 0.29) is 0 Å². The second kappa shape index (κ2) is 3.57. The fraction of sp³-hybridized carbons (Fsp3) is 0.500. The first-order valence-corrected chi connectivity index (χ1v) is 4.29. The Labute approximate surface area is 74.0 Å². The van der Waals surface area contributed by atoms with Gasteiger partial charge in [0.25, 0.3) is 0 Å². The molecule has 0 amide bonds. The van der Waals surface area contributed by atoms with Gasteiger partial charge in [-0.05, 0) is 30.0 Å². The van der Waals surface area contributed by atoms with Gasteiger partial charge in [0.1, 0.15) is 5.82 Å². The van der Waals surface area contributed by atoms with Crippen molar-refractivity contribution >= 4 is 5.82 Å². The number of hydrogen-bond donors (Lipinski definition) is 1. The van der Waals surface area contributed by atoms with Crippen LogP contribution < -0.4 is 5.32 Å². The highest BCUT2D eigenvalue weighted by Crippen LogP contribution is 2.20. The molecule has 0 bridgehead atoms. The van der Waals surface area contributed by atoms with Gasteiger partial charge in [0.05, 0.1) is 0 Å². The topological polar surface area (TPSA) is 24.9 Å². The van der Waals surface area contributed by atoms with Gasteiger partial charge in [-0.2, -0.15) is 0 Å². The Balaban J connectivity index is 3.08. The minimum atomic E-state index is 0.570. The van der Waals surface area contributed by atoms with Gasteiger partial charge in [-0.25, -0.2) is 4.98 Å². The highest BCUT2D eigenvalue weighted by Gasteiger charge is 2.04. The molecule has 66 valence electrons. The van der Waals surface area contributed by atoms with E-state index in [1.807, 2.05) is 13.2 Å². The molecule has 0 radical (unpaired) electrons. The number of hydrogen-bond acceptors (Lipinski definition) is 2. The van der Waals surface area contributed by atoms with Crippen molar-refractivity contribution in [2.45, 2.75) is 26.7 Å². The van der Waals surface area contributed by atoms with Crippen LogP contribution in [0, 0.1) is 6.92 Å². The molecule has 0 aliphatic carbocycles. The van der Waals surface area contributed by atoms with Crippen LogP contribution >= 0.6 is 0 Å². The lowest BCUT2D eigenvalue weighted by molar-refractivity contribution is 0.852. The smallest absolute Gasteiger partial charge is 0.125 e. The second-order valence-corrected chi connectivity index (χ2v) is 3.33. The molecule has 1 aromatic heterocycles. The molecule has 12 heavy (non-hydrogen) atoms. The summed E-state index contributed by atoms with van der Waals surface area (Å²) in [5, 5.41) is 3.04. The Bertz CT molecular complexity index is 267. The van der Waals surface area contributed by atoms with Crippen molar-refractivity contribution in [1.82, 2.24) is 4.98 Å². The molecule has 1 rings (SSSR count). The first-order chi connectivity index (χ1) is 5.65. The largest absolute Gasteiger partial charge is 0.373 e. The predicted octanol–water partition coefficient (Wildman–Crippen LogP) is 2.56. The van der Waals surface area contributed by atoms with Crippen molar-refractivity contribution < 1.29 is 0 Å². The summed E-state index contributed by atoms with van der Waals surface area (Å²) in [4.78, 5) is 4.23. The van der Waals surface area contributed by atoms with Gasteiger partial charge in [0, 0.05) is 13.2 Å². The summed E-state index contributed by atoms with van der Waals surface area (Å²) in [7, 11) is 1.89. The fourth-order valence-corrected chi connectivity index (χ4v) is 1.30. The zero-order chi connectivity index (χ0) is 9.14. The van der Waals surface area contributed by atoms with Crippen LogP contribution in [0.1, 0.15) is 30.9 Å². The Hall–Kier alpha value is -1.05. The van der Waals surface area contributed by atoms with Crippen LogP contribution in [-0.2, 0) is 0 Å². The molecule has 0 aromatic carbocycles. The van der Waals surface area contributed by atoms with Gasteiger partial charge in [0.15, 0.2) is 0 Å². The lowest BCUT2D eigenvalue weighted by Gasteiger charge is -2.10. The van der Waals surface area contributed by atoms with Crippen LogP contribution in [0.5, 0.6) is 0 Å². The van der Waals surface area contributed by atoms with Gasteiger partial charge in [-0.15, -0.1) is 0 Å². The van der Waals surface area contributed by atoms with Crippen molar-refractivity contribution in [2.75, 3.05) is 12.4 Å². The quantitative estimate of drug-likeness (QED) is 0.726. The first kappa shape index (κ1) is 9.04. The molecule has 0 fully saturated rings. The molecular weight excluding hydrogens is 148 g/mol. The minimum absolute atomic E-state index is 0.570. The summed E-state index contributed by atoms with van der Waals surface area (Å²) in [6, 6.07) is 2.11. The van der Waals surface area contributed by atoms with Crippen molar-refractivity contribution in [2.24, 2.45) is 0 Å². The lowest BCUT2D eigenvalue weighted by Crippen LogP contribution is -1.98. The summed E-state index contributed by atoms with van der Waals surface area (Å²) in [6.07, 6.45) is 1.92. The summed E-state index contributed by atoms with van der Waals surface area (Å²) >= 11 is 0. The third-order valence-electron chi connectivity index (χ3n) is 2.02. The summed E-state index contributed by atoms with van der Waals surface area (Å²) < 4.78 is 0. The molecule has 0 saturated carbocycles. The van der Waals surface area contributed by atoms with Gasteiger partial charge in [0.2, 0.25) is 0 Å². The molecule has 1 N–H and O–H groups in total. The predicted molar refractivity (Wildman–Crippen MR) is 52.6 cm³/mol. The van der Waals surface area contributed by atoms with Crippen molar-refractivity contribution in [3.63, 3.8) is 0 Å². The number of nitrogens with one attached hydrogen (secondary N) is 1. The van der Waals surface area contributed by atoms with Crippen LogP contribution in [0.3, 0.4) is 0 Å². The summed E-state index contributed by atoms with van der Waals surface area (Å²) in [6.45, 7) is 6.49. The lowest BCUT2D eigenvalue weighted by atomic mass is 10.0.